The van der Waals surface area contributed by atoms with Crippen molar-refractivity contribution in [1.82, 2.24) is 0 Å². The molecule has 0 unspecified atom stereocenters. The fourth-order valence-electron chi connectivity index (χ4n) is 0.856. The molecule has 1 rings (SSSR count). The highest BCUT2D eigenvalue weighted by Gasteiger charge is 1.95. The Morgan fingerprint density at radius 2 is 2.08 bits per heavy atom. The Labute approximate surface area is 81.8 Å². The van der Waals surface area contributed by atoms with Crippen molar-refractivity contribution in [2.24, 2.45) is 5.73 Å². The van der Waals surface area contributed by atoms with E-state index < -0.39 is 0 Å². The third-order valence-corrected chi connectivity index (χ3v) is 2.48. The smallest absolute Gasteiger partial charge is 0.107 e. The lowest BCUT2D eigenvalue weighted by atomic mass is 10.4. The maximum absolute atomic E-state index is 12.8. The lowest BCUT2D eigenvalue weighted by Crippen LogP contribution is -1.94. The van der Waals surface area contributed by atoms with Crippen molar-refractivity contribution in [2.45, 2.75) is 4.90 Å². The molecule has 0 bridgehead atoms. The average Bonchev–Trinajstić information content (AvgIpc) is 2.17. The van der Waals surface area contributed by atoms with Gasteiger partial charge in [-0.2, -0.15) is 0 Å². The van der Waals surface area contributed by atoms with Crippen LogP contribution in [0, 0.1) is 0 Å². The molecule has 1 nitrogen and oxygen atoms in total. The number of nitrogens with two attached hydrogens (primary N) is 1. The van der Waals surface area contributed by atoms with E-state index in [-0.39, 0.29) is 12.4 Å². The highest BCUT2D eigenvalue weighted by Crippen LogP contribution is 2.19. The predicted octanol–water partition coefficient (Wildman–Crippen LogP) is 2.59. The van der Waals surface area contributed by atoms with Crippen molar-refractivity contribution in [2.75, 3.05) is 12.3 Å². The zero-order chi connectivity index (χ0) is 9.52. The minimum atomic E-state index is -0.156. The Kier molecular flexibility index (Phi) is 4.57. The second-order valence-electron chi connectivity index (χ2n) is 2.49. The molecule has 13 heavy (non-hydrogen) atoms. The molecule has 0 radical (unpaired) electrons. The van der Waals surface area contributed by atoms with Gasteiger partial charge < -0.3 is 5.73 Å². The molecule has 3 heteroatoms. The van der Waals surface area contributed by atoms with Gasteiger partial charge in [0.2, 0.25) is 0 Å². The van der Waals surface area contributed by atoms with Crippen LogP contribution >= 0.6 is 11.8 Å². The molecule has 1 aromatic carbocycles. The van der Waals surface area contributed by atoms with Crippen LogP contribution in [-0.4, -0.2) is 12.3 Å². The number of hydrogen-bond acceptors (Lipinski definition) is 2. The first-order valence-corrected chi connectivity index (χ1v) is 5.04. The maximum Gasteiger partial charge on any atom is 0.107 e. The minimum absolute atomic E-state index is 0.156. The molecule has 0 aliphatic carbocycles. The summed E-state index contributed by atoms with van der Waals surface area (Å²) >= 11 is 1.47. The molecule has 2 N–H and O–H groups in total. The van der Waals surface area contributed by atoms with E-state index in [1.165, 1.54) is 17.8 Å². The molecule has 0 amide bonds. The van der Waals surface area contributed by atoms with Gasteiger partial charge in [0.25, 0.3) is 0 Å². The van der Waals surface area contributed by atoms with Gasteiger partial charge >= 0.3 is 0 Å². The second-order valence-corrected chi connectivity index (χ2v) is 3.54. The monoisotopic (exact) mass is 197 g/mol. The molecular weight excluding hydrogens is 185 g/mol. The maximum atomic E-state index is 12.8. The standard InChI is InChI=1S/C10H12FNS/c11-9(6-7-12)8-13-10-4-2-1-3-5-10/h1-6H,7-8,12H2/b9-6+. The Hall–Kier alpha value is -0.800. The second kappa shape index (κ2) is 5.78. The first-order chi connectivity index (χ1) is 6.33. The summed E-state index contributed by atoms with van der Waals surface area (Å²) in [5, 5.41) is 0. The van der Waals surface area contributed by atoms with Crippen molar-refractivity contribution < 1.29 is 4.39 Å². The lowest BCUT2D eigenvalue weighted by Gasteiger charge is -1.98. The van der Waals surface area contributed by atoms with E-state index in [0.717, 1.165) is 4.90 Å². The van der Waals surface area contributed by atoms with Crippen LogP contribution in [0.2, 0.25) is 0 Å². The largest absolute Gasteiger partial charge is 0.327 e. The third-order valence-electron chi connectivity index (χ3n) is 1.46. The normalized spacial score (nSPS) is 11.7. The van der Waals surface area contributed by atoms with Gasteiger partial charge in [0.1, 0.15) is 5.83 Å². The SMILES string of the molecule is NC/C=C(/F)CSc1ccccc1. The van der Waals surface area contributed by atoms with Crippen molar-refractivity contribution in [3.63, 3.8) is 0 Å². The fraction of sp³-hybridized carbons (Fsp3) is 0.200. The lowest BCUT2D eigenvalue weighted by molar-refractivity contribution is 0.640. The average molecular weight is 197 g/mol. The highest BCUT2D eigenvalue weighted by molar-refractivity contribution is 7.99. The molecule has 0 saturated carbocycles. The predicted molar refractivity (Wildman–Crippen MR) is 55.4 cm³/mol. The molecule has 0 saturated heterocycles. The third kappa shape index (κ3) is 4.10. The van der Waals surface area contributed by atoms with E-state index in [1.54, 1.807) is 0 Å². The van der Waals surface area contributed by atoms with Gasteiger partial charge in [0, 0.05) is 17.2 Å². The van der Waals surface area contributed by atoms with E-state index in [1.807, 2.05) is 30.3 Å². The molecule has 0 aliphatic rings. The van der Waals surface area contributed by atoms with Gasteiger partial charge in [-0.05, 0) is 18.2 Å². The highest BCUT2D eigenvalue weighted by atomic mass is 32.2. The summed E-state index contributed by atoms with van der Waals surface area (Å²) in [6, 6.07) is 9.73. The Balaban J connectivity index is 2.39. The topological polar surface area (TPSA) is 26.0 Å². The number of halogens is 1. The summed E-state index contributed by atoms with van der Waals surface area (Å²) in [5.74, 6) is 0.206. The zero-order valence-electron chi connectivity index (χ0n) is 7.24. The van der Waals surface area contributed by atoms with E-state index in [4.69, 9.17) is 5.73 Å². The van der Waals surface area contributed by atoms with Gasteiger partial charge in [-0.25, -0.2) is 4.39 Å². The Morgan fingerprint density at radius 1 is 1.38 bits per heavy atom. The van der Waals surface area contributed by atoms with Crippen molar-refractivity contribution in [1.29, 1.82) is 0 Å². The molecule has 70 valence electrons. The molecule has 1 aromatic rings. The van der Waals surface area contributed by atoms with Crippen molar-refractivity contribution >= 4 is 11.8 Å². The zero-order valence-corrected chi connectivity index (χ0v) is 8.06. The van der Waals surface area contributed by atoms with E-state index in [9.17, 15) is 4.39 Å². The molecular formula is C10H12FNS. The first-order valence-electron chi connectivity index (χ1n) is 4.05. The van der Waals surface area contributed by atoms with Gasteiger partial charge in [0.05, 0.1) is 0 Å². The quantitative estimate of drug-likeness (QED) is 0.751. The molecule has 0 fully saturated rings. The van der Waals surface area contributed by atoms with E-state index >= 15 is 0 Å². The van der Waals surface area contributed by atoms with Gasteiger partial charge in [0.15, 0.2) is 0 Å². The van der Waals surface area contributed by atoms with Crippen LogP contribution in [0.5, 0.6) is 0 Å². The van der Waals surface area contributed by atoms with Crippen LogP contribution in [0.3, 0.4) is 0 Å². The summed E-state index contributed by atoms with van der Waals surface area (Å²) in [4.78, 5) is 1.07. The van der Waals surface area contributed by atoms with Crippen LogP contribution in [0.25, 0.3) is 0 Å². The summed E-state index contributed by atoms with van der Waals surface area (Å²) in [6.07, 6.45) is 1.40. The summed E-state index contributed by atoms with van der Waals surface area (Å²) < 4.78 is 12.8. The molecule has 0 atom stereocenters. The van der Waals surface area contributed by atoms with E-state index in [2.05, 4.69) is 0 Å². The van der Waals surface area contributed by atoms with Crippen LogP contribution in [0.4, 0.5) is 4.39 Å². The number of rotatable bonds is 4. The van der Waals surface area contributed by atoms with Gasteiger partial charge in [-0.3, -0.25) is 0 Å². The summed E-state index contributed by atoms with van der Waals surface area (Å²) in [6.45, 7) is 0.265. The number of hydrogen-bond donors (Lipinski definition) is 1. The number of thioether (sulfide) groups is 1. The Bertz CT molecular complexity index is 272. The van der Waals surface area contributed by atoms with Gasteiger partial charge in [-0.15, -0.1) is 11.8 Å². The van der Waals surface area contributed by atoms with Crippen LogP contribution in [-0.2, 0) is 0 Å². The Morgan fingerprint density at radius 3 is 2.69 bits per heavy atom. The van der Waals surface area contributed by atoms with Crippen LogP contribution < -0.4 is 5.73 Å². The van der Waals surface area contributed by atoms with E-state index in [0.29, 0.717) is 5.75 Å². The fourth-order valence-corrected chi connectivity index (χ4v) is 1.63. The summed E-state index contributed by atoms with van der Waals surface area (Å²) in [5.41, 5.74) is 5.17. The first kappa shape index (κ1) is 10.3. The van der Waals surface area contributed by atoms with Crippen molar-refractivity contribution in [3.8, 4) is 0 Å². The molecule has 0 spiro atoms. The van der Waals surface area contributed by atoms with Crippen LogP contribution in [0.15, 0.2) is 47.1 Å². The van der Waals surface area contributed by atoms with Crippen molar-refractivity contribution in [3.05, 3.63) is 42.2 Å². The molecule has 0 aliphatic heterocycles. The minimum Gasteiger partial charge on any atom is -0.327 e. The number of benzene rings is 1. The molecule has 0 heterocycles. The van der Waals surface area contributed by atoms with Gasteiger partial charge in [-0.1, -0.05) is 18.2 Å². The molecule has 0 aromatic heterocycles. The summed E-state index contributed by atoms with van der Waals surface area (Å²) in [7, 11) is 0. The van der Waals surface area contributed by atoms with Crippen LogP contribution in [0.1, 0.15) is 0 Å².